The van der Waals surface area contributed by atoms with Crippen molar-refractivity contribution in [2.24, 2.45) is 0 Å². The van der Waals surface area contributed by atoms with Gasteiger partial charge in [0.25, 0.3) is 0 Å². The molecule has 4 aromatic carbocycles. The Labute approximate surface area is 210 Å². The summed E-state index contributed by atoms with van der Waals surface area (Å²) in [6.45, 7) is 0. The molecule has 170 valence electrons. The molecule has 0 aliphatic heterocycles. The summed E-state index contributed by atoms with van der Waals surface area (Å²) < 4.78 is 0. The molecule has 2 heterocycles. The Morgan fingerprint density at radius 2 is 0.667 bits per heavy atom. The second kappa shape index (κ2) is 9.72. The number of benzene rings is 4. The average molecular weight is 463 g/mol. The van der Waals surface area contributed by atoms with Crippen molar-refractivity contribution in [1.29, 1.82) is 0 Å². The first-order valence-electron chi connectivity index (χ1n) is 11.8. The van der Waals surface area contributed by atoms with Crippen LogP contribution in [0.2, 0.25) is 0 Å². The molecule has 0 aliphatic rings. The second-order valence-electron chi connectivity index (χ2n) is 8.43. The number of rotatable bonds is 5. The third-order valence-corrected chi connectivity index (χ3v) is 6.06. The summed E-state index contributed by atoms with van der Waals surface area (Å²) in [6, 6.07) is 41.0. The zero-order valence-corrected chi connectivity index (χ0v) is 19.5. The van der Waals surface area contributed by atoms with E-state index in [1.165, 1.54) is 0 Å². The molecule has 0 atom stereocenters. The van der Waals surface area contributed by atoms with Gasteiger partial charge in [-0.2, -0.15) is 0 Å². The summed E-state index contributed by atoms with van der Waals surface area (Å²) >= 11 is 0. The average Bonchev–Trinajstić information content (AvgIpc) is 2.98. The lowest BCUT2D eigenvalue weighted by Gasteiger charge is -2.09. The molecule has 2 aromatic heterocycles. The molecule has 6 rings (SSSR count). The van der Waals surface area contributed by atoms with Gasteiger partial charge >= 0.3 is 0 Å². The van der Waals surface area contributed by atoms with Crippen LogP contribution in [0.15, 0.2) is 134 Å². The minimum Gasteiger partial charge on any atom is -0.264 e. The van der Waals surface area contributed by atoms with Crippen LogP contribution in [0.25, 0.3) is 56.4 Å². The Morgan fingerprint density at radius 3 is 1.08 bits per heavy atom. The van der Waals surface area contributed by atoms with Crippen molar-refractivity contribution in [3.8, 4) is 56.4 Å². The molecule has 0 radical (unpaired) electrons. The van der Waals surface area contributed by atoms with E-state index in [2.05, 4.69) is 59.6 Å². The molecule has 0 saturated carbocycles. The third kappa shape index (κ3) is 4.52. The van der Waals surface area contributed by atoms with Crippen LogP contribution < -0.4 is 0 Å². The van der Waals surface area contributed by atoms with Crippen LogP contribution in [0.5, 0.6) is 0 Å². The zero-order chi connectivity index (χ0) is 24.2. The van der Waals surface area contributed by atoms with E-state index in [9.17, 15) is 0 Å². The van der Waals surface area contributed by atoms with Crippen LogP contribution in [0.4, 0.5) is 0 Å². The molecule has 0 aliphatic carbocycles. The van der Waals surface area contributed by atoms with Gasteiger partial charge in [-0.05, 0) is 28.3 Å². The molecule has 4 heteroatoms. The quantitative estimate of drug-likeness (QED) is 0.265. The number of pyridine rings is 1. The Morgan fingerprint density at radius 1 is 0.306 bits per heavy atom. The second-order valence-corrected chi connectivity index (χ2v) is 8.43. The van der Waals surface area contributed by atoms with E-state index >= 15 is 0 Å². The Kier molecular flexibility index (Phi) is 5.83. The van der Waals surface area contributed by atoms with Gasteiger partial charge in [-0.25, -0.2) is 15.0 Å². The highest BCUT2D eigenvalue weighted by molar-refractivity contribution is 5.73. The number of hydrogen-bond donors (Lipinski definition) is 0. The van der Waals surface area contributed by atoms with Crippen LogP contribution in [0, 0.1) is 0 Å². The molecule has 0 bridgehead atoms. The van der Waals surface area contributed by atoms with Crippen LogP contribution >= 0.6 is 0 Å². The van der Waals surface area contributed by atoms with Crippen molar-refractivity contribution in [1.82, 2.24) is 19.9 Å². The molecule has 0 saturated heterocycles. The Bertz CT molecular complexity index is 1520. The standard InChI is InChI=1S/C32H22N4/c1-3-8-26(9-4-1)30-34-31(27-10-5-2-6-11-27)36-32(35-30)28-19-17-24(18-20-28)23-13-15-25(16-14-23)29-12-7-21-33-22-29/h1-22H. The summed E-state index contributed by atoms with van der Waals surface area (Å²) in [5.41, 5.74) is 7.42. The fourth-order valence-electron chi connectivity index (χ4n) is 4.14. The zero-order valence-electron chi connectivity index (χ0n) is 19.5. The van der Waals surface area contributed by atoms with Crippen LogP contribution in [-0.4, -0.2) is 19.9 Å². The minimum absolute atomic E-state index is 0.654. The highest BCUT2D eigenvalue weighted by Crippen LogP contribution is 2.28. The van der Waals surface area contributed by atoms with Crippen molar-refractivity contribution < 1.29 is 0 Å². The molecular weight excluding hydrogens is 440 g/mol. The Balaban J connectivity index is 1.35. The van der Waals surface area contributed by atoms with Gasteiger partial charge in [0.15, 0.2) is 17.5 Å². The van der Waals surface area contributed by atoms with Gasteiger partial charge in [-0.3, -0.25) is 4.98 Å². The SMILES string of the molecule is c1ccc(-c2nc(-c3ccccc3)nc(-c3ccc(-c4ccc(-c5cccnc5)cc4)cc3)n2)cc1. The van der Waals surface area contributed by atoms with Crippen molar-refractivity contribution >= 4 is 0 Å². The maximum Gasteiger partial charge on any atom is 0.164 e. The van der Waals surface area contributed by atoms with E-state index in [0.717, 1.165) is 38.9 Å². The smallest absolute Gasteiger partial charge is 0.164 e. The third-order valence-electron chi connectivity index (χ3n) is 6.06. The molecular formula is C32H22N4. The number of hydrogen-bond acceptors (Lipinski definition) is 4. The highest BCUT2D eigenvalue weighted by Gasteiger charge is 2.12. The number of nitrogens with zero attached hydrogens (tertiary/aromatic N) is 4. The Hall–Kier alpha value is -4.96. The lowest BCUT2D eigenvalue weighted by Crippen LogP contribution is -2.00. The van der Waals surface area contributed by atoms with Crippen molar-refractivity contribution in [2.75, 3.05) is 0 Å². The topological polar surface area (TPSA) is 51.6 Å². The van der Waals surface area contributed by atoms with E-state index in [-0.39, 0.29) is 0 Å². The van der Waals surface area contributed by atoms with Crippen molar-refractivity contribution in [3.05, 3.63) is 134 Å². The van der Waals surface area contributed by atoms with Crippen LogP contribution in [-0.2, 0) is 0 Å². The van der Waals surface area contributed by atoms with E-state index in [1.54, 1.807) is 6.20 Å². The fraction of sp³-hybridized carbons (Fsp3) is 0. The van der Waals surface area contributed by atoms with E-state index in [4.69, 9.17) is 15.0 Å². The summed E-state index contributed by atoms with van der Waals surface area (Å²) in [7, 11) is 0. The monoisotopic (exact) mass is 462 g/mol. The van der Waals surface area contributed by atoms with E-state index in [0.29, 0.717) is 17.5 Å². The highest BCUT2D eigenvalue weighted by atomic mass is 15.0. The van der Waals surface area contributed by atoms with Gasteiger partial charge < -0.3 is 0 Å². The predicted octanol–water partition coefficient (Wildman–Crippen LogP) is 7.60. The molecule has 0 N–H and O–H groups in total. The first kappa shape index (κ1) is 21.6. The molecule has 6 aromatic rings. The normalized spacial score (nSPS) is 10.8. The maximum atomic E-state index is 4.82. The molecule has 0 unspecified atom stereocenters. The van der Waals surface area contributed by atoms with Gasteiger partial charge in [0.05, 0.1) is 0 Å². The van der Waals surface area contributed by atoms with Gasteiger partial charge in [-0.1, -0.05) is 115 Å². The predicted molar refractivity (Wildman–Crippen MR) is 145 cm³/mol. The van der Waals surface area contributed by atoms with Crippen molar-refractivity contribution in [3.63, 3.8) is 0 Å². The first-order chi connectivity index (χ1) is 17.8. The number of aromatic nitrogens is 4. The lowest BCUT2D eigenvalue weighted by atomic mass is 10.0. The largest absolute Gasteiger partial charge is 0.264 e. The van der Waals surface area contributed by atoms with E-state index in [1.807, 2.05) is 72.9 Å². The summed E-state index contributed by atoms with van der Waals surface area (Å²) in [4.78, 5) is 18.6. The molecule has 0 fully saturated rings. The summed E-state index contributed by atoms with van der Waals surface area (Å²) in [5, 5.41) is 0. The van der Waals surface area contributed by atoms with Gasteiger partial charge in [0.1, 0.15) is 0 Å². The van der Waals surface area contributed by atoms with Gasteiger partial charge in [0, 0.05) is 29.1 Å². The van der Waals surface area contributed by atoms with Crippen LogP contribution in [0.3, 0.4) is 0 Å². The van der Waals surface area contributed by atoms with Crippen molar-refractivity contribution in [2.45, 2.75) is 0 Å². The first-order valence-corrected chi connectivity index (χ1v) is 11.8. The molecule has 4 nitrogen and oxygen atoms in total. The van der Waals surface area contributed by atoms with Gasteiger partial charge in [-0.15, -0.1) is 0 Å². The minimum atomic E-state index is 0.654. The van der Waals surface area contributed by atoms with Crippen LogP contribution in [0.1, 0.15) is 0 Å². The maximum absolute atomic E-state index is 4.82. The molecule has 36 heavy (non-hydrogen) atoms. The molecule has 0 spiro atoms. The summed E-state index contributed by atoms with van der Waals surface area (Å²) in [5.74, 6) is 1.98. The lowest BCUT2D eigenvalue weighted by molar-refractivity contribution is 1.07. The fourth-order valence-corrected chi connectivity index (χ4v) is 4.14. The van der Waals surface area contributed by atoms with Gasteiger partial charge in [0.2, 0.25) is 0 Å². The molecule has 0 amide bonds. The summed E-state index contributed by atoms with van der Waals surface area (Å²) in [6.07, 6.45) is 3.67. The van der Waals surface area contributed by atoms with E-state index < -0.39 is 0 Å².